The van der Waals surface area contributed by atoms with Crippen molar-refractivity contribution in [2.45, 2.75) is 0 Å². The van der Waals surface area contributed by atoms with E-state index in [0.29, 0.717) is 15.6 Å². The topological polar surface area (TPSA) is 84.6 Å². The quantitative estimate of drug-likeness (QED) is 0.457. The summed E-state index contributed by atoms with van der Waals surface area (Å²) in [4.78, 5) is 22.0. The molecule has 1 N–H and O–H groups in total. The number of hydrogen-bond acceptors (Lipinski definition) is 4. The number of nitro groups is 1. The Morgan fingerprint density at radius 2 is 2.00 bits per heavy atom. The second-order valence-electron chi connectivity index (χ2n) is 4.17. The van der Waals surface area contributed by atoms with Gasteiger partial charge in [-0.15, -0.1) is 0 Å². The van der Waals surface area contributed by atoms with Crippen LogP contribution in [0.25, 0.3) is 0 Å². The molecule has 0 heterocycles. The fourth-order valence-corrected chi connectivity index (χ4v) is 2.46. The third kappa shape index (κ3) is 4.22. The number of nitro benzene ring substituents is 1. The van der Waals surface area contributed by atoms with Crippen molar-refractivity contribution in [3.8, 4) is 0 Å². The SMILES string of the molecule is O=C(N/N=C\c1ccc([N+](=O)[O-])cc1Br)c1cccc(Br)c1. The fraction of sp³-hybridized carbons (Fsp3) is 0. The molecule has 0 saturated heterocycles. The monoisotopic (exact) mass is 425 g/mol. The van der Waals surface area contributed by atoms with Gasteiger partial charge in [-0.3, -0.25) is 14.9 Å². The van der Waals surface area contributed by atoms with E-state index in [4.69, 9.17) is 0 Å². The molecule has 0 aromatic heterocycles. The van der Waals surface area contributed by atoms with Crippen LogP contribution >= 0.6 is 31.9 Å². The molecule has 0 fully saturated rings. The smallest absolute Gasteiger partial charge is 0.267 e. The first-order valence-corrected chi connectivity index (χ1v) is 7.59. The minimum atomic E-state index is -0.485. The van der Waals surface area contributed by atoms with E-state index in [9.17, 15) is 14.9 Å². The van der Waals surface area contributed by atoms with E-state index in [1.54, 1.807) is 18.2 Å². The number of benzene rings is 2. The highest BCUT2D eigenvalue weighted by atomic mass is 79.9. The highest BCUT2D eigenvalue weighted by Gasteiger charge is 2.08. The van der Waals surface area contributed by atoms with Crippen LogP contribution in [0, 0.1) is 10.1 Å². The van der Waals surface area contributed by atoms with Crippen LogP contribution < -0.4 is 5.43 Å². The van der Waals surface area contributed by atoms with Gasteiger partial charge in [0.2, 0.25) is 0 Å². The summed E-state index contributed by atoms with van der Waals surface area (Å²) in [6.45, 7) is 0. The lowest BCUT2D eigenvalue weighted by molar-refractivity contribution is -0.384. The van der Waals surface area contributed by atoms with Crippen LogP contribution in [0.5, 0.6) is 0 Å². The van der Waals surface area contributed by atoms with E-state index in [1.807, 2.05) is 6.07 Å². The number of amides is 1. The van der Waals surface area contributed by atoms with Gasteiger partial charge in [0.05, 0.1) is 11.1 Å². The predicted molar refractivity (Wildman–Crippen MR) is 90.0 cm³/mol. The molecular formula is C14H9Br2N3O3. The highest BCUT2D eigenvalue weighted by Crippen LogP contribution is 2.21. The molecule has 0 atom stereocenters. The molecule has 0 aliphatic heterocycles. The molecule has 0 saturated carbocycles. The van der Waals surface area contributed by atoms with Crippen LogP contribution in [-0.2, 0) is 0 Å². The van der Waals surface area contributed by atoms with Crippen molar-refractivity contribution in [1.29, 1.82) is 0 Å². The third-order valence-electron chi connectivity index (χ3n) is 2.65. The summed E-state index contributed by atoms with van der Waals surface area (Å²) < 4.78 is 1.31. The molecule has 0 bridgehead atoms. The van der Waals surface area contributed by atoms with Gasteiger partial charge in [-0.25, -0.2) is 5.43 Å². The molecule has 2 aromatic rings. The maximum absolute atomic E-state index is 11.9. The first-order chi connectivity index (χ1) is 10.5. The van der Waals surface area contributed by atoms with E-state index in [-0.39, 0.29) is 11.6 Å². The number of hydrazone groups is 1. The lowest BCUT2D eigenvalue weighted by atomic mass is 10.2. The Morgan fingerprint density at radius 3 is 2.64 bits per heavy atom. The normalized spacial score (nSPS) is 10.6. The molecule has 22 heavy (non-hydrogen) atoms. The lowest BCUT2D eigenvalue weighted by Gasteiger charge is -2.01. The van der Waals surface area contributed by atoms with Crippen molar-refractivity contribution in [1.82, 2.24) is 5.43 Å². The second-order valence-corrected chi connectivity index (χ2v) is 5.94. The number of nitrogens with one attached hydrogen (secondary N) is 1. The molecular weight excluding hydrogens is 418 g/mol. The van der Waals surface area contributed by atoms with Crippen molar-refractivity contribution in [2.75, 3.05) is 0 Å². The van der Waals surface area contributed by atoms with E-state index < -0.39 is 4.92 Å². The minimum absolute atomic E-state index is 0.0257. The van der Waals surface area contributed by atoms with Gasteiger partial charge < -0.3 is 0 Å². The molecule has 2 rings (SSSR count). The van der Waals surface area contributed by atoms with Crippen molar-refractivity contribution in [3.63, 3.8) is 0 Å². The van der Waals surface area contributed by atoms with Crippen LogP contribution in [0.3, 0.4) is 0 Å². The highest BCUT2D eigenvalue weighted by molar-refractivity contribution is 9.10. The third-order valence-corrected chi connectivity index (χ3v) is 3.83. The standard InChI is InChI=1S/C14H9Br2N3O3/c15-11-3-1-2-9(6-11)14(20)18-17-8-10-4-5-12(19(21)22)7-13(10)16/h1-8H,(H,18,20)/b17-8-. The van der Waals surface area contributed by atoms with Crippen LogP contribution in [0.4, 0.5) is 5.69 Å². The summed E-state index contributed by atoms with van der Waals surface area (Å²) >= 11 is 6.51. The van der Waals surface area contributed by atoms with Gasteiger partial charge in [-0.1, -0.05) is 22.0 Å². The van der Waals surface area contributed by atoms with Crippen LogP contribution in [0.1, 0.15) is 15.9 Å². The van der Waals surface area contributed by atoms with Gasteiger partial charge in [0.1, 0.15) is 0 Å². The molecule has 0 aliphatic carbocycles. The fourth-order valence-electron chi connectivity index (χ4n) is 1.59. The summed E-state index contributed by atoms with van der Waals surface area (Å²) in [5.41, 5.74) is 3.45. The number of carbonyl (C=O) groups is 1. The Labute approximate surface area is 142 Å². The molecule has 8 heteroatoms. The zero-order chi connectivity index (χ0) is 16.1. The molecule has 112 valence electrons. The molecule has 2 aromatic carbocycles. The van der Waals surface area contributed by atoms with Crippen LogP contribution in [-0.4, -0.2) is 17.0 Å². The zero-order valence-electron chi connectivity index (χ0n) is 11.0. The van der Waals surface area contributed by atoms with Crippen molar-refractivity contribution >= 4 is 49.7 Å². The zero-order valence-corrected chi connectivity index (χ0v) is 14.2. The van der Waals surface area contributed by atoms with Crippen molar-refractivity contribution < 1.29 is 9.72 Å². The number of rotatable bonds is 4. The largest absolute Gasteiger partial charge is 0.271 e. The van der Waals surface area contributed by atoms with Gasteiger partial charge in [0, 0.05) is 32.2 Å². The van der Waals surface area contributed by atoms with Gasteiger partial charge in [0.15, 0.2) is 0 Å². The predicted octanol–water partition coefficient (Wildman–Crippen LogP) is 3.88. The minimum Gasteiger partial charge on any atom is -0.267 e. The van der Waals surface area contributed by atoms with Gasteiger partial charge >= 0.3 is 0 Å². The maximum atomic E-state index is 11.9. The summed E-state index contributed by atoms with van der Waals surface area (Å²) in [6.07, 6.45) is 1.41. The Balaban J connectivity index is 2.06. The number of hydrogen-bond donors (Lipinski definition) is 1. The molecule has 0 aliphatic rings. The lowest BCUT2D eigenvalue weighted by Crippen LogP contribution is -2.17. The number of non-ortho nitro benzene ring substituents is 1. The van der Waals surface area contributed by atoms with Gasteiger partial charge in [0.25, 0.3) is 11.6 Å². The maximum Gasteiger partial charge on any atom is 0.271 e. The number of carbonyl (C=O) groups excluding carboxylic acids is 1. The summed E-state index contributed by atoms with van der Waals surface area (Å²) in [7, 11) is 0. The molecule has 0 spiro atoms. The second kappa shape index (κ2) is 7.28. The molecule has 1 amide bonds. The molecule has 0 unspecified atom stereocenters. The average molecular weight is 427 g/mol. The Morgan fingerprint density at radius 1 is 1.23 bits per heavy atom. The summed E-state index contributed by atoms with van der Waals surface area (Å²) in [5, 5.41) is 14.5. The summed E-state index contributed by atoms with van der Waals surface area (Å²) in [6, 6.07) is 11.2. The Hall–Kier alpha value is -2.06. The van der Waals surface area contributed by atoms with Crippen molar-refractivity contribution in [2.24, 2.45) is 5.10 Å². The number of nitrogens with zero attached hydrogens (tertiary/aromatic N) is 2. The number of halogens is 2. The average Bonchev–Trinajstić information content (AvgIpc) is 2.48. The van der Waals surface area contributed by atoms with Crippen LogP contribution in [0.15, 0.2) is 56.5 Å². The van der Waals surface area contributed by atoms with Gasteiger partial charge in [-0.05, 0) is 40.2 Å². The first-order valence-electron chi connectivity index (χ1n) is 6.00. The van der Waals surface area contributed by atoms with Crippen LogP contribution in [0.2, 0.25) is 0 Å². The Bertz CT molecular complexity index is 763. The molecule has 0 radical (unpaired) electrons. The van der Waals surface area contributed by atoms with Crippen molar-refractivity contribution in [3.05, 3.63) is 72.7 Å². The molecule has 6 nitrogen and oxygen atoms in total. The van der Waals surface area contributed by atoms with E-state index >= 15 is 0 Å². The van der Waals surface area contributed by atoms with E-state index in [0.717, 1.165) is 4.47 Å². The van der Waals surface area contributed by atoms with E-state index in [2.05, 4.69) is 42.4 Å². The Kier molecular flexibility index (Phi) is 5.40. The van der Waals surface area contributed by atoms with E-state index in [1.165, 1.54) is 24.4 Å². The summed E-state index contributed by atoms with van der Waals surface area (Å²) in [5.74, 6) is -0.351. The van der Waals surface area contributed by atoms with Gasteiger partial charge in [-0.2, -0.15) is 5.10 Å². The first kappa shape index (κ1) is 16.3.